The van der Waals surface area contributed by atoms with Crippen LogP contribution in [0.2, 0.25) is 0 Å². The molecule has 3 nitrogen and oxygen atoms in total. The lowest BCUT2D eigenvalue weighted by atomic mass is 10.1. The third-order valence-corrected chi connectivity index (χ3v) is 1.80. The fourth-order valence-electron chi connectivity index (χ4n) is 1.13. The minimum atomic E-state index is 0.240. The lowest BCUT2D eigenvalue weighted by Gasteiger charge is -2.04. The van der Waals surface area contributed by atoms with E-state index in [0.717, 1.165) is 11.1 Å². The first-order valence-electron chi connectivity index (χ1n) is 4.21. The molecule has 0 amide bonds. The van der Waals surface area contributed by atoms with Crippen molar-refractivity contribution < 1.29 is 9.90 Å². The van der Waals surface area contributed by atoms with E-state index in [9.17, 15) is 9.90 Å². The maximum Gasteiger partial charge on any atom is 0.235 e. The number of para-hydroxylation sites is 1. The van der Waals surface area contributed by atoms with Gasteiger partial charge in [0.25, 0.3) is 0 Å². The van der Waals surface area contributed by atoms with E-state index in [1.165, 1.54) is 6.08 Å². The average Bonchev–Trinajstić information content (AvgIpc) is 2.18. The number of phenolic OH excluding ortho intramolecular Hbond substituents is 1. The Morgan fingerprint density at radius 3 is 2.86 bits per heavy atom. The smallest absolute Gasteiger partial charge is 0.235 e. The molecule has 1 rings (SSSR count). The van der Waals surface area contributed by atoms with Crippen molar-refractivity contribution in [2.24, 2.45) is 4.99 Å². The van der Waals surface area contributed by atoms with Crippen molar-refractivity contribution in [2.45, 2.75) is 6.42 Å². The highest BCUT2D eigenvalue weighted by molar-refractivity contribution is 5.36. The van der Waals surface area contributed by atoms with Gasteiger partial charge in [-0.05, 0) is 18.1 Å². The Balaban J connectivity index is 2.65. The molecule has 1 aromatic carbocycles. The second-order valence-electron chi connectivity index (χ2n) is 2.96. The summed E-state index contributed by atoms with van der Waals surface area (Å²) in [5, 5.41) is 9.44. The van der Waals surface area contributed by atoms with Gasteiger partial charge < -0.3 is 5.11 Å². The molecule has 72 valence electrons. The lowest BCUT2D eigenvalue weighted by Crippen LogP contribution is -1.93. The zero-order chi connectivity index (χ0) is 10.4. The molecule has 0 aliphatic carbocycles. The highest BCUT2D eigenvalue weighted by Crippen LogP contribution is 2.18. The van der Waals surface area contributed by atoms with Gasteiger partial charge in [0.1, 0.15) is 5.75 Å². The fourth-order valence-corrected chi connectivity index (χ4v) is 1.13. The number of hydrogen-bond donors (Lipinski definition) is 1. The molecular formula is C11H11NO2. The van der Waals surface area contributed by atoms with Crippen LogP contribution in [0.5, 0.6) is 5.75 Å². The Morgan fingerprint density at radius 2 is 2.21 bits per heavy atom. The first-order valence-corrected chi connectivity index (χ1v) is 4.21. The second kappa shape index (κ2) is 5.00. The van der Waals surface area contributed by atoms with E-state index in [2.05, 4.69) is 11.6 Å². The largest absolute Gasteiger partial charge is 0.508 e. The molecule has 1 aromatic rings. The summed E-state index contributed by atoms with van der Waals surface area (Å²) in [7, 11) is 0. The molecule has 0 atom stereocenters. The summed E-state index contributed by atoms with van der Waals surface area (Å²) in [6, 6.07) is 7.02. The van der Waals surface area contributed by atoms with Gasteiger partial charge >= 0.3 is 0 Å². The predicted molar refractivity (Wildman–Crippen MR) is 53.9 cm³/mol. The summed E-state index contributed by atoms with van der Waals surface area (Å²) in [6.45, 7) is 4.01. The lowest BCUT2D eigenvalue weighted by molar-refractivity contribution is 0.469. The topological polar surface area (TPSA) is 49.7 Å². The van der Waals surface area contributed by atoms with Crippen LogP contribution in [-0.2, 0) is 11.2 Å². The van der Waals surface area contributed by atoms with Crippen molar-refractivity contribution in [1.29, 1.82) is 0 Å². The van der Waals surface area contributed by atoms with E-state index in [0.29, 0.717) is 6.42 Å². The molecule has 0 fully saturated rings. The van der Waals surface area contributed by atoms with Crippen LogP contribution in [0.1, 0.15) is 5.56 Å². The number of rotatable bonds is 4. The molecule has 0 heterocycles. The number of benzene rings is 1. The number of nitrogens with zero attached hydrogens (tertiary/aromatic N) is 1. The van der Waals surface area contributed by atoms with Crippen LogP contribution >= 0.6 is 0 Å². The highest BCUT2D eigenvalue weighted by atomic mass is 16.3. The Labute approximate surface area is 82.4 Å². The number of carbonyl (C=O) groups excluding carboxylic acids is 1. The Kier molecular flexibility index (Phi) is 3.65. The molecule has 0 saturated carbocycles. The summed E-state index contributed by atoms with van der Waals surface area (Å²) in [4.78, 5) is 13.3. The van der Waals surface area contributed by atoms with Crippen LogP contribution in [0, 0.1) is 0 Å². The van der Waals surface area contributed by atoms with Gasteiger partial charge in [-0.15, -0.1) is 0 Å². The fraction of sp³-hybridized carbons (Fsp3) is 0.182. The maximum atomic E-state index is 9.85. The molecule has 14 heavy (non-hydrogen) atoms. The molecule has 0 aromatic heterocycles. The molecule has 0 aliphatic heterocycles. The van der Waals surface area contributed by atoms with E-state index in [4.69, 9.17) is 0 Å². The Morgan fingerprint density at radius 1 is 1.50 bits per heavy atom. The first-order chi connectivity index (χ1) is 6.74. The van der Waals surface area contributed by atoms with Crippen LogP contribution in [0.25, 0.3) is 0 Å². The third-order valence-electron chi connectivity index (χ3n) is 1.80. The van der Waals surface area contributed by atoms with E-state index in [1.807, 2.05) is 12.1 Å². The van der Waals surface area contributed by atoms with E-state index in [-0.39, 0.29) is 12.3 Å². The van der Waals surface area contributed by atoms with Gasteiger partial charge in [-0.2, -0.15) is 0 Å². The van der Waals surface area contributed by atoms with Crippen molar-refractivity contribution in [1.82, 2.24) is 0 Å². The minimum Gasteiger partial charge on any atom is -0.508 e. The predicted octanol–water partition coefficient (Wildman–Crippen LogP) is 1.83. The first kappa shape index (κ1) is 10.2. The molecular weight excluding hydrogens is 178 g/mol. The summed E-state index contributed by atoms with van der Waals surface area (Å²) in [5.41, 5.74) is 1.56. The molecule has 0 aliphatic rings. The standard InChI is InChI=1S/C11H11NO2/c1-9(7-12-8-13)6-10-4-2-3-5-11(10)14/h2-5,14H,1,6-7H2. The molecule has 0 unspecified atom stereocenters. The van der Waals surface area contributed by atoms with Crippen molar-refractivity contribution in [3.05, 3.63) is 42.0 Å². The third kappa shape index (κ3) is 2.88. The zero-order valence-electron chi connectivity index (χ0n) is 7.73. The minimum absolute atomic E-state index is 0.240. The molecule has 3 heteroatoms. The highest BCUT2D eigenvalue weighted by Gasteiger charge is 2.01. The van der Waals surface area contributed by atoms with E-state index in [1.54, 1.807) is 12.1 Å². The van der Waals surface area contributed by atoms with Gasteiger partial charge in [0, 0.05) is 0 Å². The Bertz CT molecular complexity index is 379. The van der Waals surface area contributed by atoms with Crippen LogP contribution in [0.3, 0.4) is 0 Å². The van der Waals surface area contributed by atoms with Gasteiger partial charge in [0.2, 0.25) is 6.08 Å². The number of aliphatic imine (C=N–C) groups is 1. The van der Waals surface area contributed by atoms with Gasteiger partial charge in [0.15, 0.2) is 0 Å². The summed E-state index contributed by atoms with van der Waals surface area (Å²) >= 11 is 0. The van der Waals surface area contributed by atoms with E-state index < -0.39 is 0 Å². The molecule has 0 saturated heterocycles. The monoisotopic (exact) mass is 189 g/mol. The van der Waals surface area contributed by atoms with Gasteiger partial charge in [0.05, 0.1) is 6.54 Å². The summed E-state index contributed by atoms with van der Waals surface area (Å²) < 4.78 is 0. The normalized spacial score (nSPS) is 9.14. The molecule has 0 spiro atoms. The second-order valence-corrected chi connectivity index (χ2v) is 2.96. The van der Waals surface area contributed by atoms with Crippen molar-refractivity contribution in [3.8, 4) is 5.75 Å². The SMILES string of the molecule is C=C(CN=C=O)Cc1ccccc1O. The summed E-state index contributed by atoms with van der Waals surface area (Å²) in [6.07, 6.45) is 1.98. The van der Waals surface area contributed by atoms with Crippen LogP contribution in [-0.4, -0.2) is 17.7 Å². The van der Waals surface area contributed by atoms with Crippen LogP contribution in [0.15, 0.2) is 41.4 Å². The van der Waals surface area contributed by atoms with Crippen LogP contribution < -0.4 is 0 Å². The molecule has 0 radical (unpaired) electrons. The van der Waals surface area contributed by atoms with E-state index >= 15 is 0 Å². The number of hydrogen-bond acceptors (Lipinski definition) is 3. The Hall–Kier alpha value is -1.86. The van der Waals surface area contributed by atoms with Gasteiger partial charge in [-0.1, -0.05) is 30.4 Å². The molecule has 1 N–H and O–H groups in total. The van der Waals surface area contributed by atoms with Crippen molar-refractivity contribution >= 4 is 6.08 Å². The number of aromatic hydroxyl groups is 1. The average molecular weight is 189 g/mol. The molecule has 0 bridgehead atoms. The zero-order valence-corrected chi connectivity index (χ0v) is 7.73. The van der Waals surface area contributed by atoms with Crippen molar-refractivity contribution in [3.63, 3.8) is 0 Å². The quantitative estimate of drug-likeness (QED) is 0.446. The maximum absolute atomic E-state index is 9.85. The van der Waals surface area contributed by atoms with Gasteiger partial charge in [-0.3, -0.25) is 0 Å². The van der Waals surface area contributed by atoms with Crippen molar-refractivity contribution in [2.75, 3.05) is 6.54 Å². The van der Waals surface area contributed by atoms with Gasteiger partial charge in [-0.25, -0.2) is 9.79 Å². The summed E-state index contributed by atoms with van der Waals surface area (Å²) in [5.74, 6) is 0.240. The number of isocyanates is 1. The van der Waals surface area contributed by atoms with Crippen LogP contribution in [0.4, 0.5) is 0 Å². The number of phenols is 1.